The molecule has 3 aliphatic heterocycles. The number of urea groups is 1. The Morgan fingerprint density at radius 1 is 0.709 bits per heavy atom. The Labute approximate surface area is 606 Å². The van der Waals surface area contributed by atoms with Gasteiger partial charge in [-0.05, 0) is 144 Å². The van der Waals surface area contributed by atoms with Gasteiger partial charge < -0.3 is 92.6 Å². The first-order valence-corrected chi connectivity index (χ1v) is 36.9. The van der Waals surface area contributed by atoms with Crippen molar-refractivity contribution in [3.05, 3.63) is 92.9 Å². The number of thioether (sulfide) groups is 1. The first-order valence-electron chi connectivity index (χ1n) is 35.8. The number of nitrogens with zero attached hydrogens (tertiary/aromatic N) is 5. The standard InChI is InChI=1S/C71H106N16O15S/c1-46(80-62(90)28-34-79-85-73)66(92)82-55(17-10-12-29-72)69(95)78-44-63(91)75-30-13-6-7-21-61(89)81-54(68(94)77-33-16-36-100-38-40-101-39-37-99-35-15-32-74-60(88)20-9-8-19-59-65-56(45-103-59)83-71(98)84-65)18-11-14-31-76-67(93)47-22-25-50(70(96)97)51(41-47)64-52-42-48(86(2)3)23-26-57(52)102-58-27-24-49(87(4)5)43-53(58)64/h22-27,41-43,46,54-57,59,64-65H,6-21,28-40,44-45,72H2,1-5H3,(H10-,74,75,76,77,78,80,81,82,83,84,88,89,90,91,92,93,94,95,96,97,98)/t46-,54-,55-,56-,57?,59-,64?,65-/m0/s1. The maximum Gasteiger partial charge on any atom is 0.315 e. The van der Waals surface area contributed by atoms with Crippen LogP contribution in [0.5, 0.6) is 5.75 Å². The first-order chi connectivity index (χ1) is 49.7. The second-order valence-electron chi connectivity index (χ2n) is 26.1. The number of aromatic carboxylic acids is 1. The molecule has 2 aromatic rings. The number of ether oxygens (including phenoxy) is 4. The number of carboxylic acid groups (broad SMARTS) is 1. The molecule has 3 heterocycles. The molecule has 12 N–H and O–H groups in total. The van der Waals surface area contributed by atoms with E-state index in [1.54, 1.807) is 6.07 Å². The van der Waals surface area contributed by atoms with Gasteiger partial charge in [0, 0.05) is 136 Å². The van der Waals surface area contributed by atoms with Crippen molar-refractivity contribution in [2.24, 2.45) is 10.8 Å². The monoisotopic (exact) mass is 1450 g/mol. The highest BCUT2D eigenvalue weighted by Gasteiger charge is 2.43. The van der Waals surface area contributed by atoms with Crippen molar-refractivity contribution >= 4 is 82.4 Å². The van der Waals surface area contributed by atoms with Crippen LogP contribution in [0, 0.1) is 0 Å². The number of carbonyl (C=O) groups is 10. The number of rotatable bonds is 49. The van der Waals surface area contributed by atoms with E-state index in [9.17, 15) is 53.1 Å². The van der Waals surface area contributed by atoms with Crippen molar-refractivity contribution in [3.8, 4) is 5.75 Å². The minimum atomic E-state index is -1.39. The third-order valence-electron chi connectivity index (χ3n) is 17.8. The highest BCUT2D eigenvalue weighted by molar-refractivity contribution is 8.00. The molecular weight excluding hydrogens is 1350 g/mol. The van der Waals surface area contributed by atoms with Crippen LogP contribution >= 0.6 is 11.8 Å². The quantitative estimate of drug-likeness (QED) is 0.0113. The highest BCUT2D eigenvalue weighted by Crippen LogP contribution is 2.47. The van der Waals surface area contributed by atoms with Crippen LogP contribution < -0.4 is 73.6 Å². The molecule has 32 heteroatoms. The Morgan fingerprint density at radius 3 is 2.06 bits per heavy atom. The van der Waals surface area contributed by atoms with Crippen molar-refractivity contribution < 1.29 is 76.6 Å². The Hall–Kier alpha value is -8.81. The maximum atomic E-state index is 14.0. The Morgan fingerprint density at radius 2 is 1.35 bits per heavy atom. The number of carboxylic acids is 1. The number of hydrogen-bond acceptors (Lipinski definition) is 19. The van der Waals surface area contributed by atoms with Crippen molar-refractivity contribution in [1.29, 1.82) is 0 Å². The molecule has 10 amide bonds. The molecule has 4 aliphatic rings. The lowest BCUT2D eigenvalue weighted by molar-refractivity contribution is -0.462. The number of anilines is 1. The first kappa shape index (κ1) is 83.1. The van der Waals surface area contributed by atoms with Crippen molar-refractivity contribution in [2.45, 2.75) is 164 Å². The molecular formula is C71H106N16O15S. The fourth-order valence-corrected chi connectivity index (χ4v) is 13.6. The van der Waals surface area contributed by atoms with Gasteiger partial charge in [-0.1, -0.05) is 24.0 Å². The van der Waals surface area contributed by atoms with Gasteiger partial charge in [0.05, 0.1) is 51.0 Å². The summed E-state index contributed by atoms with van der Waals surface area (Å²) in [5.74, 6) is -3.87. The SMILES string of the molecule is C[C@H](NC(=O)CCN=[N+]=[N-])C(=O)N[C@@H](CCCCN)C(=O)NCC(=O)NCCCCCC(=O)N[C@@H](CCCCNC(=O)c1ccc(C(=O)[O-])c(C2C3=CC(=[N+](C)C)C=CC3Oc3ccc(N(C)C)cc32)c1)C(=O)NCCCOCCOCCOCCCNC(=O)CCCC[C@@H]1SC[C@@H]2NC(=O)N[C@@H]21. The Balaban J connectivity index is 0.926. The van der Waals surface area contributed by atoms with E-state index < -0.39 is 71.6 Å². The van der Waals surface area contributed by atoms with Crippen molar-refractivity contribution in [2.75, 3.05) is 124 Å². The van der Waals surface area contributed by atoms with Crippen LogP contribution in [0.15, 0.2) is 65.3 Å². The summed E-state index contributed by atoms with van der Waals surface area (Å²) in [6.07, 6.45) is 13.6. The van der Waals surface area contributed by atoms with E-state index in [1.165, 1.54) is 19.1 Å². The van der Waals surface area contributed by atoms with Crippen LogP contribution in [0.4, 0.5) is 10.5 Å². The van der Waals surface area contributed by atoms with Crippen LogP contribution in [0.2, 0.25) is 0 Å². The molecule has 566 valence electrons. The lowest BCUT2D eigenvalue weighted by Crippen LogP contribution is -2.53. The molecule has 2 fully saturated rings. The lowest BCUT2D eigenvalue weighted by atomic mass is 9.76. The molecule has 103 heavy (non-hydrogen) atoms. The number of nitrogens with two attached hydrogens (primary N) is 1. The van der Waals surface area contributed by atoms with Gasteiger partial charge in [0.25, 0.3) is 5.91 Å². The summed E-state index contributed by atoms with van der Waals surface area (Å²) in [5.41, 5.74) is 17.9. The average Bonchev–Trinajstić information content (AvgIpc) is 1.49. The topological polar surface area (TPSA) is 432 Å². The van der Waals surface area contributed by atoms with Crippen LogP contribution in [0.25, 0.3) is 10.4 Å². The van der Waals surface area contributed by atoms with Gasteiger partial charge in [-0.2, -0.15) is 11.8 Å². The number of allylic oxidation sites excluding steroid dienone is 2. The number of unbranched alkanes of at least 4 members (excludes halogenated alkanes) is 5. The maximum absolute atomic E-state index is 14.0. The number of carbonyl (C=O) groups excluding carboxylic acids is 10. The molecule has 6 rings (SSSR count). The van der Waals surface area contributed by atoms with E-state index >= 15 is 0 Å². The minimum absolute atomic E-state index is 0.0194. The second-order valence-corrected chi connectivity index (χ2v) is 27.4. The zero-order valence-corrected chi connectivity index (χ0v) is 60.9. The van der Waals surface area contributed by atoms with Crippen molar-refractivity contribution in [1.82, 2.24) is 53.2 Å². The molecule has 0 bridgehead atoms. The van der Waals surface area contributed by atoms with E-state index in [1.807, 2.05) is 85.9 Å². The molecule has 0 radical (unpaired) electrons. The summed E-state index contributed by atoms with van der Waals surface area (Å²) in [4.78, 5) is 133. The molecule has 0 saturated carbocycles. The largest absolute Gasteiger partial charge is 0.545 e. The Bertz CT molecular complexity index is 3340. The molecule has 2 saturated heterocycles. The van der Waals surface area contributed by atoms with Gasteiger partial charge in [0.2, 0.25) is 41.4 Å². The van der Waals surface area contributed by atoms with Crippen LogP contribution in [0.1, 0.15) is 154 Å². The summed E-state index contributed by atoms with van der Waals surface area (Å²) < 4.78 is 25.4. The van der Waals surface area contributed by atoms with Gasteiger partial charge in [0.15, 0.2) is 5.71 Å². The summed E-state index contributed by atoms with van der Waals surface area (Å²) >= 11 is 1.87. The second kappa shape index (κ2) is 45.3. The van der Waals surface area contributed by atoms with Gasteiger partial charge in [-0.15, -0.1) is 0 Å². The zero-order chi connectivity index (χ0) is 74.5. The molecule has 2 unspecified atom stereocenters. The molecule has 0 spiro atoms. The van der Waals surface area contributed by atoms with E-state index in [4.69, 9.17) is 30.2 Å². The fraction of sp³-hybridized carbons (Fsp3) is 0.620. The summed E-state index contributed by atoms with van der Waals surface area (Å²) in [7, 11) is 7.64. The number of benzene rings is 2. The number of fused-ring (bicyclic) bond motifs is 3. The highest BCUT2D eigenvalue weighted by atomic mass is 32.2. The third kappa shape index (κ3) is 28.7. The third-order valence-corrected chi connectivity index (χ3v) is 19.3. The summed E-state index contributed by atoms with van der Waals surface area (Å²) in [5, 5.41) is 44.6. The van der Waals surface area contributed by atoms with Gasteiger partial charge >= 0.3 is 6.03 Å². The molecule has 31 nitrogen and oxygen atoms in total. The van der Waals surface area contributed by atoms with Gasteiger partial charge in [-0.25, -0.2) is 9.37 Å². The Kier molecular flexibility index (Phi) is 36.6. The van der Waals surface area contributed by atoms with E-state index in [0.29, 0.717) is 134 Å². The minimum Gasteiger partial charge on any atom is -0.545 e. The summed E-state index contributed by atoms with van der Waals surface area (Å²) in [6.45, 7) is 4.82. The molecule has 8 atom stereocenters. The number of hydrogen-bond donors (Lipinski definition) is 11. The predicted molar refractivity (Wildman–Crippen MR) is 387 cm³/mol. The van der Waals surface area contributed by atoms with Crippen molar-refractivity contribution in [3.63, 3.8) is 0 Å². The molecule has 0 aromatic heterocycles. The molecule has 1 aliphatic carbocycles. The smallest absolute Gasteiger partial charge is 0.315 e. The number of nitrogens with one attached hydrogen (secondary N) is 10. The van der Waals surface area contributed by atoms with E-state index in [0.717, 1.165) is 47.6 Å². The average molecular weight is 1460 g/mol. The normalized spacial score (nSPS) is 17.7. The summed E-state index contributed by atoms with van der Waals surface area (Å²) in [6, 6.07) is 7.58. The predicted octanol–water partition coefficient (Wildman–Crippen LogP) is 2.00. The van der Waals surface area contributed by atoms with Gasteiger partial charge in [-0.3, -0.25) is 38.4 Å². The number of amides is 10. The molecule has 2 aromatic carbocycles. The van der Waals surface area contributed by atoms with Crippen LogP contribution in [0.3, 0.4) is 0 Å². The lowest BCUT2D eigenvalue weighted by Gasteiger charge is -2.36. The zero-order valence-electron chi connectivity index (χ0n) is 60.1. The van der Waals surface area contributed by atoms with Gasteiger partial charge in [0.1, 0.15) is 44.1 Å². The van der Waals surface area contributed by atoms with E-state index in [2.05, 4.69) is 63.2 Å². The van der Waals surface area contributed by atoms with Crippen LogP contribution in [-0.4, -0.2) is 231 Å². The number of azide groups is 1. The van der Waals surface area contributed by atoms with E-state index in [-0.39, 0.29) is 99.5 Å². The van der Waals surface area contributed by atoms with Crippen LogP contribution in [-0.2, 0) is 47.8 Å². The fourth-order valence-electron chi connectivity index (χ4n) is 12.1.